The lowest BCUT2D eigenvalue weighted by Crippen LogP contribution is -2.51. The van der Waals surface area contributed by atoms with Gasteiger partial charge in [-0.2, -0.15) is 13.2 Å². The highest BCUT2D eigenvalue weighted by Gasteiger charge is 2.31. The minimum absolute atomic E-state index is 0.0735. The molecule has 4 rings (SSSR count). The van der Waals surface area contributed by atoms with Crippen LogP contribution in [0.1, 0.15) is 27.9 Å². The number of aliphatic hydroxyl groups is 1. The first-order valence-corrected chi connectivity index (χ1v) is 13.3. The van der Waals surface area contributed by atoms with E-state index in [2.05, 4.69) is 10.6 Å². The minimum Gasteiger partial charge on any atom is -0.445 e. The summed E-state index contributed by atoms with van der Waals surface area (Å²) in [4.78, 5) is 41.9. The molecule has 1 saturated heterocycles. The molecular weight excluding hydrogens is 553 g/mol. The molecule has 1 aliphatic rings. The molecule has 3 aromatic rings. The van der Waals surface area contributed by atoms with Crippen molar-refractivity contribution in [2.45, 2.75) is 25.2 Å². The molecule has 222 valence electrons. The first-order chi connectivity index (χ1) is 20.2. The Morgan fingerprint density at radius 1 is 0.881 bits per heavy atom. The second-order valence-corrected chi connectivity index (χ2v) is 9.66. The lowest BCUT2D eigenvalue weighted by Gasteiger charge is -2.26. The number of hydrogen-bond acceptors (Lipinski definition) is 6. The van der Waals surface area contributed by atoms with Crippen LogP contribution in [0.2, 0.25) is 0 Å². The highest BCUT2D eigenvalue weighted by molar-refractivity contribution is 6.02. The molecule has 12 heteroatoms. The maximum Gasteiger partial charge on any atom is 0.416 e. The maximum atomic E-state index is 13.2. The monoisotopic (exact) mass is 584 g/mol. The van der Waals surface area contributed by atoms with Gasteiger partial charge in [-0.05, 0) is 42.3 Å². The van der Waals surface area contributed by atoms with Crippen molar-refractivity contribution in [3.05, 3.63) is 95.6 Å². The number of alkyl halides is 3. The fourth-order valence-corrected chi connectivity index (χ4v) is 4.49. The van der Waals surface area contributed by atoms with Crippen molar-refractivity contribution < 1.29 is 37.4 Å². The third kappa shape index (κ3) is 8.00. The van der Waals surface area contributed by atoms with Crippen molar-refractivity contribution in [2.75, 3.05) is 38.1 Å². The van der Waals surface area contributed by atoms with Gasteiger partial charge in [0, 0.05) is 31.9 Å². The molecule has 0 bridgehead atoms. The average molecular weight is 585 g/mol. The van der Waals surface area contributed by atoms with Crippen LogP contribution in [-0.2, 0) is 22.3 Å². The third-order valence-electron chi connectivity index (χ3n) is 6.70. The summed E-state index contributed by atoms with van der Waals surface area (Å²) in [5.41, 5.74) is 0.421. The Morgan fingerprint density at radius 2 is 1.57 bits per heavy atom. The van der Waals surface area contributed by atoms with E-state index in [0.717, 1.165) is 17.7 Å². The summed E-state index contributed by atoms with van der Waals surface area (Å²) in [6, 6.07) is 18.7. The van der Waals surface area contributed by atoms with E-state index in [4.69, 9.17) is 4.74 Å². The normalized spacial score (nSPS) is 14.5. The highest BCUT2D eigenvalue weighted by atomic mass is 19.4. The van der Waals surface area contributed by atoms with E-state index in [1.807, 2.05) is 30.3 Å². The summed E-state index contributed by atoms with van der Waals surface area (Å²) in [6.45, 7) is 0.534. The molecule has 0 spiro atoms. The van der Waals surface area contributed by atoms with Crippen LogP contribution in [0.5, 0.6) is 0 Å². The minimum atomic E-state index is -4.53. The fraction of sp³-hybridized carbons (Fsp3) is 0.300. The predicted molar refractivity (Wildman–Crippen MR) is 149 cm³/mol. The number of ether oxygens (including phenoxy) is 1. The number of rotatable bonds is 8. The van der Waals surface area contributed by atoms with Crippen LogP contribution in [0, 0.1) is 0 Å². The molecular formula is C30H31F3N4O5. The summed E-state index contributed by atoms with van der Waals surface area (Å²) in [6.07, 6.45) is -4.55. The van der Waals surface area contributed by atoms with Crippen molar-refractivity contribution in [2.24, 2.45) is 0 Å². The van der Waals surface area contributed by atoms with Crippen LogP contribution in [-0.4, -0.2) is 71.6 Å². The van der Waals surface area contributed by atoms with Gasteiger partial charge < -0.3 is 30.3 Å². The molecule has 0 aromatic heterocycles. The van der Waals surface area contributed by atoms with Crippen molar-refractivity contribution in [1.82, 2.24) is 15.1 Å². The molecule has 42 heavy (non-hydrogen) atoms. The topological polar surface area (TPSA) is 111 Å². The molecule has 3 aromatic carbocycles. The van der Waals surface area contributed by atoms with Gasteiger partial charge in [-0.15, -0.1) is 0 Å². The van der Waals surface area contributed by atoms with Crippen LogP contribution in [0.4, 0.5) is 29.3 Å². The Balaban J connectivity index is 1.36. The number of benzene rings is 3. The molecule has 0 aliphatic carbocycles. The van der Waals surface area contributed by atoms with Crippen LogP contribution >= 0.6 is 0 Å². The van der Waals surface area contributed by atoms with Crippen LogP contribution in [0.25, 0.3) is 0 Å². The van der Waals surface area contributed by atoms with Gasteiger partial charge in [0.1, 0.15) is 12.6 Å². The van der Waals surface area contributed by atoms with E-state index in [0.29, 0.717) is 19.5 Å². The van der Waals surface area contributed by atoms with E-state index >= 15 is 0 Å². The molecule has 0 saturated carbocycles. The Kier molecular flexibility index (Phi) is 10.0. The SMILES string of the molecule is O=C(NC(CO)C(=O)N1CCCN(C(=O)OCc2ccccc2)CC1)c1ccccc1Nc1cccc(C(F)(F)F)c1. The van der Waals surface area contributed by atoms with Gasteiger partial charge in [-0.1, -0.05) is 48.5 Å². The van der Waals surface area contributed by atoms with Gasteiger partial charge in [0.2, 0.25) is 5.91 Å². The quantitative estimate of drug-likeness (QED) is 0.362. The zero-order chi connectivity index (χ0) is 30.1. The van der Waals surface area contributed by atoms with Crippen molar-refractivity contribution >= 4 is 29.3 Å². The number of halogens is 3. The molecule has 3 amide bonds. The standard InChI is InChI=1S/C30H31F3N4O5/c31-30(32,33)22-10-6-11-23(18-22)34-25-13-5-4-12-24(25)27(39)35-26(19-38)28(40)36-14-7-15-37(17-16-36)29(41)42-20-21-8-2-1-3-9-21/h1-6,8-13,18,26,34,38H,7,14-17,19-20H2,(H,35,39). The van der Waals surface area contributed by atoms with E-state index < -0.39 is 42.3 Å². The Hall–Kier alpha value is -4.58. The van der Waals surface area contributed by atoms with Crippen LogP contribution < -0.4 is 10.6 Å². The summed E-state index contributed by atoms with van der Waals surface area (Å²) < 4.78 is 44.8. The summed E-state index contributed by atoms with van der Waals surface area (Å²) >= 11 is 0. The molecule has 0 radical (unpaired) electrons. The van der Waals surface area contributed by atoms with Gasteiger partial charge in [0.25, 0.3) is 5.91 Å². The number of nitrogens with one attached hydrogen (secondary N) is 2. The van der Waals surface area contributed by atoms with E-state index in [9.17, 15) is 32.7 Å². The Bertz CT molecular complexity index is 1390. The van der Waals surface area contributed by atoms with Gasteiger partial charge in [-0.3, -0.25) is 9.59 Å². The summed E-state index contributed by atoms with van der Waals surface area (Å²) in [7, 11) is 0. The van der Waals surface area contributed by atoms with Crippen LogP contribution in [0.3, 0.4) is 0 Å². The van der Waals surface area contributed by atoms with Gasteiger partial charge in [0.05, 0.1) is 23.4 Å². The van der Waals surface area contributed by atoms with Crippen molar-refractivity contribution in [1.29, 1.82) is 0 Å². The van der Waals surface area contributed by atoms with E-state index in [1.165, 1.54) is 34.1 Å². The lowest BCUT2D eigenvalue weighted by molar-refractivity contribution is -0.137. The first-order valence-electron chi connectivity index (χ1n) is 13.3. The molecule has 3 N–H and O–H groups in total. The second-order valence-electron chi connectivity index (χ2n) is 9.66. The first kappa shape index (κ1) is 30.4. The lowest BCUT2D eigenvalue weighted by atomic mass is 10.1. The van der Waals surface area contributed by atoms with E-state index in [-0.39, 0.29) is 36.6 Å². The number of para-hydroxylation sites is 1. The molecule has 9 nitrogen and oxygen atoms in total. The number of hydrogen-bond donors (Lipinski definition) is 3. The molecule has 1 unspecified atom stereocenters. The zero-order valence-electron chi connectivity index (χ0n) is 22.6. The average Bonchev–Trinajstić information content (AvgIpc) is 3.25. The zero-order valence-corrected chi connectivity index (χ0v) is 22.6. The van der Waals surface area contributed by atoms with Crippen molar-refractivity contribution in [3.8, 4) is 0 Å². The smallest absolute Gasteiger partial charge is 0.416 e. The number of anilines is 2. The predicted octanol–water partition coefficient (Wildman–Crippen LogP) is 4.41. The maximum absolute atomic E-state index is 13.2. The molecule has 1 atom stereocenters. The van der Waals surface area contributed by atoms with Gasteiger partial charge in [0.15, 0.2) is 0 Å². The summed E-state index contributed by atoms with van der Waals surface area (Å²) in [5.74, 6) is -1.22. The third-order valence-corrected chi connectivity index (χ3v) is 6.70. The Labute approximate surface area is 240 Å². The molecule has 1 aliphatic heterocycles. The molecule has 1 fully saturated rings. The Morgan fingerprint density at radius 3 is 2.31 bits per heavy atom. The summed E-state index contributed by atoms with van der Waals surface area (Å²) in [5, 5.41) is 15.3. The molecule has 1 heterocycles. The number of carbonyl (C=O) groups excluding carboxylic acids is 3. The van der Waals surface area contributed by atoms with Gasteiger partial charge >= 0.3 is 12.3 Å². The number of aliphatic hydroxyl groups excluding tert-OH is 1. The largest absolute Gasteiger partial charge is 0.445 e. The number of nitrogens with zero attached hydrogens (tertiary/aromatic N) is 2. The number of amides is 3. The second kappa shape index (κ2) is 13.9. The number of carbonyl (C=O) groups is 3. The highest BCUT2D eigenvalue weighted by Crippen LogP contribution is 2.32. The van der Waals surface area contributed by atoms with Crippen LogP contribution in [0.15, 0.2) is 78.9 Å². The fourth-order valence-electron chi connectivity index (χ4n) is 4.49. The van der Waals surface area contributed by atoms with Gasteiger partial charge in [-0.25, -0.2) is 4.79 Å². The van der Waals surface area contributed by atoms with Crippen molar-refractivity contribution in [3.63, 3.8) is 0 Å². The van der Waals surface area contributed by atoms with E-state index in [1.54, 1.807) is 12.1 Å².